The summed E-state index contributed by atoms with van der Waals surface area (Å²) in [6, 6.07) is 8.16. The monoisotopic (exact) mass is 242 g/mol. The summed E-state index contributed by atoms with van der Waals surface area (Å²) in [6.07, 6.45) is 5.35. The number of hydrogen-bond acceptors (Lipinski definition) is 2. The number of hydrogen-bond donors (Lipinski definition) is 1. The fourth-order valence-corrected chi connectivity index (χ4v) is 2.78. The summed E-state index contributed by atoms with van der Waals surface area (Å²) in [5.41, 5.74) is 2.95. The fourth-order valence-electron chi connectivity index (χ4n) is 2.78. The SMILES string of the molecule is Cc1cccc(C#N)c1NCC1CCC(C)CC1. The summed E-state index contributed by atoms with van der Waals surface area (Å²) in [7, 11) is 0. The van der Waals surface area contributed by atoms with Crippen molar-refractivity contribution in [1.29, 1.82) is 5.26 Å². The third-order valence-corrected chi connectivity index (χ3v) is 4.10. The van der Waals surface area contributed by atoms with E-state index in [1.807, 2.05) is 12.1 Å². The summed E-state index contributed by atoms with van der Waals surface area (Å²) in [4.78, 5) is 0. The number of benzene rings is 1. The molecular formula is C16H22N2. The average molecular weight is 242 g/mol. The second-order valence-electron chi connectivity index (χ2n) is 5.62. The lowest BCUT2D eigenvalue weighted by atomic mass is 9.83. The highest BCUT2D eigenvalue weighted by molar-refractivity contribution is 5.62. The van der Waals surface area contributed by atoms with Crippen molar-refractivity contribution in [3.8, 4) is 6.07 Å². The van der Waals surface area contributed by atoms with E-state index in [0.717, 1.165) is 29.6 Å². The van der Waals surface area contributed by atoms with E-state index >= 15 is 0 Å². The highest BCUT2D eigenvalue weighted by Crippen LogP contribution is 2.29. The molecular weight excluding hydrogens is 220 g/mol. The van der Waals surface area contributed by atoms with E-state index < -0.39 is 0 Å². The van der Waals surface area contributed by atoms with Crippen molar-refractivity contribution in [3.05, 3.63) is 29.3 Å². The van der Waals surface area contributed by atoms with Crippen LogP contribution in [0.2, 0.25) is 0 Å². The lowest BCUT2D eigenvalue weighted by Gasteiger charge is -2.27. The number of aryl methyl sites for hydroxylation is 1. The van der Waals surface area contributed by atoms with Gasteiger partial charge in [-0.25, -0.2) is 0 Å². The third kappa shape index (κ3) is 3.04. The van der Waals surface area contributed by atoms with Crippen molar-refractivity contribution < 1.29 is 0 Å². The molecule has 0 atom stereocenters. The molecule has 0 aromatic heterocycles. The number of anilines is 1. The standard InChI is InChI=1S/C16H22N2/c1-12-6-8-14(9-7-12)11-18-16-13(2)4-3-5-15(16)10-17/h3-5,12,14,18H,6-9,11H2,1-2H3. The molecule has 0 spiro atoms. The third-order valence-electron chi connectivity index (χ3n) is 4.10. The zero-order chi connectivity index (χ0) is 13.0. The highest BCUT2D eigenvalue weighted by atomic mass is 14.9. The lowest BCUT2D eigenvalue weighted by Crippen LogP contribution is -2.20. The minimum Gasteiger partial charge on any atom is -0.383 e. The van der Waals surface area contributed by atoms with Gasteiger partial charge in [-0.3, -0.25) is 0 Å². The molecule has 0 unspecified atom stereocenters. The summed E-state index contributed by atoms with van der Waals surface area (Å²) in [5, 5.41) is 12.6. The molecule has 1 aliphatic carbocycles. The van der Waals surface area contributed by atoms with Gasteiger partial charge in [-0.05, 0) is 43.2 Å². The van der Waals surface area contributed by atoms with Crippen molar-refractivity contribution in [2.75, 3.05) is 11.9 Å². The van der Waals surface area contributed by atoms with Crippen molar-refractivity contribution in [2.45, 2.75) is 39.5 Å². The predicted molar refractivity (Wildman–Crippen MR) is 75.5 cm³/mol. The lowest BCUT2D eigenvalue weighted by molar-refractivity contribution is 0.300. The van der Waals surface area contributed by atoms with Gasteiger partial charge < -0.3 is 5.32 Å². The molecule has 18 heavy (non-hydrogen) atoms. The van der Waals surface area contributed by atoms with Gasteiger partial charge in [0.05, 0.1) is 11.3 Å². The molecule has 0 aliphatic heterocycles. The number of rotatable bonds is 3. The first-order valence-electron chi connectivity index (χ1n) is 6.94. The second-order valence-corrected chi connectivity index (χ2v) is 5.62. The van der Waals surface area contributed by atoms with E-state index in [9.17, 15) is 0 Å². The minimum absolute atomic E-state index is 0.763. The number of nitrogens with one attached hydrogen (secondary N) is 1. The normalized spacial score (nSPS) is 23.4. The summed E-state index contributed by atoms with van der Waals surface area (Å²) < 4.78 is 0. The first kappa shape index (κ1) is 13.0. The number of nitriles is 1. The number of nitrogens with zero attached hydrogens (tertiary/aromatic N) is 1. The molecule has 1 fully saturated rings. The van der Waals surface area contributed by atoms with Crippen LogP contribution in [-0.2, 0) is 0 Å². The largest absolute Gasteiger partial charge is 0.383 e. The van der Waals surface area contributed by atoms with E-state index in [2.05, 4.69) is 31.3 Å². The summed E-state index contributed by atoms with van der Waals surface area (Å²) in [6.45, 7) is 5.41. The minimum atomic E-state index is 0.763. The average Bonchev–Trinajstić information content (AvgIpc) is 2.39. The Morgan fingerprint density at radius 1 is 1.28 bits per heavy atom. The molecule has 1 aromatic rings. The molecule has 1 aliphatic rings. The van der Waals surface area contributed by atoms with E-state index in [4.69, 9.17) is 5.26 Å². The molecule has 1 saturated carbocycles. The van der Waals surface area contributed by atoms with Crippen LogP contribution < -0.4 is 5.32 Å². The smallest absolute Gasteiger partial charge is 0.101 e. The van der Waals surface area contributed by atoms with Crippen molar-refractivity contribution in [2.24, 2.45) is 11.8 Å². The maximum absolute atomic E-state index is 9.12. The van der Waals surface area contributed by atoms with Crippen LogP contribution in [0.3, 0.4) is 0 Å². The predicted octanol–water partition coefficient (Wildman–Crippen LogP) is 4.10. The van der Waals surface area contributed by atoms with Crippen LogP contribution in [0, 0.1) is 30.1 Å². The molecule has 0 saturated heterocycles. The molecule has 2 heteroatoms. The maximum atomic E-state index is 9.12. The summed E-state index contributed by atoms with van der Waals surface area (Å²) >= 11 is 0. The van der Waals surface area contributed by atoms with Gasteiger partial charge in [0.2, 0.25) is 0 Å². The molecule has 96 valence electrons. The van der Waals surface area contributed by atoms with Gasteiger partial charge in [0.15, 0.2) is 0 Å². The Bertz CT molecular complexity index is 437. The van der Waals surface area contributed by atoms with Gasteiger partial charge in [-0.1, -0.05) is 31.9 Å². The van der Waals surface area contributed by atoms with Gasteiger partial charge in [-0.2, -0.15) is 5.26 Å². The first-order chi connectivity index (χ1) is 8.70. The Labute approximate surface area is 110 Å². The van der Waals surface area contributed by atoms with Crippen molar-refractivity contribution in [1.82, 2.24) is 0 Å². The maximum Gasteiger partial charge on any atom is 0.101 e. The Balaban J connectivity index is 1.96. The van der Waals surface area contributed by atoms with Crippen LogP contribution >= 0.6 is 0 Å². The Morgan fingerprint density at radius 2 is 2.00 bits per heavy atom. The topological polar surface area (TPSA) is 35.8 Å². The van der Waals surface area contributed by atoms with Crippen LogP contribution in [0.5, 0.6) is 0 Å². The highest BCUT2D eigenvalue weighted by Gasteiger charge is 2.18. The number of para-hydroxylation sites is 1. The van der Waals surface area contributed by atoms with Crippen molar-refractivity contribution in [3.63, 3.8) is 0 Å². The Morgan fingerprint density at radius 3 is 2.67 bits per heavy atom. The fraction of sp³-hybridized carbons (Fsp3) is 0.562. The van der Waals surface area contributed by atoms with Crippen LogP contribution in [0.25, 0.3) is 0 Å². The molecule has 2 nitrogen and oxygen atoms in total. The van der Waals surface area contributed by atoms with Crippen LogP contribution in [-0.4, -0.2) is 6.54 Å². The van der Waals surface area contributed by atoms with Crippen molar-refractivity contribution >= 4 is 5.69 Å². The van der Waals surface area contributed by atoms with Gasteiger partial charge in [0.1, 0.15) is 6.07 Å². The van der Waals surface area contributed by atoms with Gasteiger partial charge in [0, 0.05) is 6.54 Å². The van der Waals surface area contributed by atoms with Gasteiger partial charge >= 0.3 is 0 Å². The molecule has 1 N–H and O–H groups in total. The zero-order valence-electron chi connectivity index (χ0n) is 11.4. The summed E-state index contributed by atoms with van der Waals surface area (Å²) in [5.74, 6) is 1.67. The Hall–Kier alpha value is -1.49. The molecule has 1 aromatic carbocycles. The van der Waals surface area contributed by atoms with Crippen LogP contribution in [0.1, 0.15) is 43.7 Å². The molecule has 2 rings (SSSR count). The van der Waals surface area contributed by atoms with Gasteiger partial charge in [-0.15, -0.1) is 0 Å². The zero-order valence-corrected chi connectivity index (χ0v) is 11.4. The van der Waals surface area contributed by atoms with E-state index in [1.165, 1.54) is 31.2 Å². The van der Waals surface area contributed by atoms with Gasteiger partial charge in [0.25, 0.3) is 0 Å². The Kier molecular flexibility index (Phi) is 4.25. The van der Waals surface area contributed by atoms with E-state index in [0.29, 0.717) is 0 Å². The molecule has 0 radical (unpaired) electrons. The van der Waals surface area contributed by atoms with E-state index in [1.54, 1.807) is 0 Å². The molecule has 0 heterocycles. The quantitative estimate of drug-likeness (QED) is 0.866. The molecule has 0 amide bonds. The first-order valence-corrected chi connectivity index (χ1v) is 6.94. The second kappa shape index (κ2) is 5.91. The van der Waals surface area contributed by atoms with Crippen LogP contribution in [0.15, 0.2) is 18.2 Å². The molecule has 0 bridgehead atoms. The van der Waals surface area contributed by atoms with E-state index in [-0.39, 0.29) is 0 Å². The van der Waals surface area contributed by atoms with Crippen LogP contribution in [0.4, 0.5) is 5.69 Å².